The van der Waals surface area contributed by atoms with Gasteiger partial charge in [-0.1, -0.05) is 0 Å². The molecule has 1 aromatic heterocycles. The average Bonchev–Trinajstić information content (AvgIpc) is 2.68. The maximum Gasteiger partial charge on any atom is 0.350 e. The molecular formula is C13H22N2O4S. The average molecular weight is 302 g/mol. The zero-order valence-corrected chi connectivity index (χ0v) is 13.1. The number of hydrogen-bond donors (Lipinski definition) is 2. The topological polar surface area (TPSA) is 82.8 Å². The third-order valence-corrected chi connectivity index (χ3v) is 3.43. The minimum Gasteiger partial charge on any atom is -0.486 e. The third kappa shape index (κ3) is 4.28. The van der Waals surface area contributed by atoms with Gasteiger partial charge in [0.15, 0.2) is 5.75 Å². The van der Waals surface area contributed by atoms with E-state index < -0.39 is 5.97 Å². The summed E-state index contributed by atoms with van der Waals surface area (Å²) in [6.45, 7) is 7.02. The number of carbonyl (C=O) groups is 1. The van der Waals surface area contributed by atoms with Crippen molar-refractivity contribution in [3.05, 3.63) is 4.88 Å². The number of carbonyl (C=O) groups excluding carboxylic acids is 1. The fourth-order valence-corrected chi connectivity index (χ4v) is 2.49. The Hall–Kier alpha value is -1.47. The van der Waals surface area contributed by atoms with Gasteiger partial charge in [0, 0.05) is 13.7 Å². The molecule has 3 N–H and O–H groups in total. The van der Waals surface area contributed by atoms with E-state index in [1.165, 1.54) is 11.3 Å². The number of methoxy groups -OCH3 is 1. The second kappa shape index (κ2) is 7.96. The van der Waals surface area contributed by atoms with E-state index >= 15 is 0 Å². The van der Waals surface area contributed by atoms with E-state index in [-0.39, 0.29) is 6.10 Å². The number of anilines is 2. The summed E-state index contributed by atoms with van der Waals surface area (Å²) in [5, 5.41) is 3.88. The van der Waals surface area contributed by atoms with E-state index in [1.54, 1.807) is 14.0 Å². The highest BCUT2D eigenvalue weighted by Gasteiger charge is 2.23. The number of esters is 1. The lowest BCUT2D eigenvalue weighted by Gasteiger charge is -2.12. The summed E-state index contributed by atoms with van der Waals surface area (Å²) in [6, 6.07) is 0. The van der Waals surface area contributed by atoms with Crippen LogP contribution in [0.1, 0.15) is 30.4 Å². The second-order valence-corrected chi connectivity index (χ2v) is 5.33. The number of nitrogens with two attached hydrogens (primary N) is 1. The maximum atomic E-state index is 11.8. The molecule has 0 spiro atoms. The van der Waals surface area contributed by atoms with Gasteiger partial charge in [-0.3, -0.25) is 0 Å². The first kappa shape index (κ1) is 16.6. The smallest absolute Gasteiger partial charge is 0.350 e. The van der Waals surface area contributed by atoms with Crippen LogP contribution >= 0.6 is 11.3 Å². The zero-order valence-electron chi connectivity index (χ0n) is 12.3. The van der Waals surface area contributed by atoms with E-state index in [0.29, 0.717) is 36.1 Å². The standard InChI is InChI=1S/C13H22N2O4S/c1-5-18-13(16)11-9(14)10(19-8(2)3)12(20-11)15-6-7-17-4/h8,15H,5-7,14H2,1-4H3. The first-order valence-corrected chi connectivity index (χ1v) is 7.31. The predicted molar refractivity (Wildman–Crippen MR) is 80.8 cm³/mol. The lowest BCUT2D eigenvalue weighted by molar-refractivity contribution is 0.0533. The Labute approximate surface area is 123 Å². The Morgan fingerprint density at radius 2 is 2.15 bits per heavy atom. The molecular weight excluding hydrogens is 280 g/mol. The van der Waals surface area contributed by atoms with Crippen LogP contribution in [0.2, 0.25) is 0 Å². The molecule has 0 aliphatic rings. The number of ether oxygens (including phenoxy) is 3. The van der Waals surface area contributed by atoms with Gasteiger partial charge in [-0.15, -0.1) is 11.3 Å². The van der Waals surface area contributed by atoms with Gasteiger partial charge in [0.1, 0.15) is 15.6 Å². The van der Waals surface area contributed by atoms with Crippen LogP contribution in [0.4, 0.5) is 10.7 Å². The van der Waals surface area contributed by atoms with E-state index in [0.717, 1.165) is 5.00 Å². The van der Waals surface area contributed by atoms with Crippen LogP contribution in [-0.2, 0) is 9.47 Å². The highest BCUT2D eigenvalue weighted by Crippen LogP contribution is 2.43. The molecule has 0 atom stereocenters. The van der Waals surface area contributed by atoms with Gasteiger partial charge in [-0.25, -0.2) is 4.79 Å². The van der Waals surface area contributed by atoms with E-state index in [1.807, 2.05) is 13.8 Å². The molecule has 0 aliphatic carbocycles. The summed E-state index contributed by atoms with van der Waals surface area (Å²) in [5.41, 5.74) is 6.32. The lowest BCUT2D eigenvalue weighted by atomic mass is 10.3. The molecule has 7 heteroatoms. The van der Waals surface area contributed by atoms with Gasteiger partial charge in [-0.2, -0.15) is 0 Å². The van der Waals surface area contributed by atoms with Crippen molar-refractivity contribution in [2.45, 2.75) is 26.9 Å². The minimum atomic E-state index is -0.427. The Morgan fingerprint density at radius 1 is 1.45 bits per heavy atom. The predicted octanol–water partition coefficient (Wildman–Crippen LogP) is 2.35. The zero-order chi connectivity index (χ0) is 15.1. The highest BCUT2D eigenvalue weighted by atomic mass is 32.1. The number of hydrogen-bond acceptors (Lipinski definition) is 7. The molecule has 0 saturated heterocycles. The highest BCUT2D eigenvalue weighted by molar-refractivity contribution is 7.19. The molecule has 0 bridgehead atoms. The molecule has 1 aromatic rings. The van der Waals surface area contributed by atoms with Gasteiger partial charge in [0.05, 0.1) is 19.3 Å². The van der Waals surface area contributed by atoms with Crippen molar-refractivity contribution < 1.29 is 19.0 Å². The summed E-state index contributed by atoms with van der Waals surface area (Å²) in [4.78, 5) is 12.2. The molecule has 1 heterocycles. The summed E-state index contributed by atoms with van der Waals surface area (Å²) in [7, 11) is 1.63. The summed E-state index contributed by atoms with van der Waals surface area (Å²) in [5.74, 6) is 0.0764. The van der Waals surface area contributed by atoms with E-state index in [9.17, 15) is 4.79 Å². The molecule has 0 fully saturated rings. The van der Waals surface area contributed by atoms with Gasteiger partial charge >= 0.3 is 5.97 Å². The summed E-state index contributed by atoms with van der Waals surface area (Å²) >= 11 is 1.24. The van der Waals surface area contributed by atoms with Crippen molar-refractivity contribution >= 4 is 28.0 Å². The fourth-order valence-electron chi connectivity index (χ4n) is 1.51. The van der Waals surface area contributed by atoms with Gasteiger partial charge in [0.25, 0.3) is 0 Å². The van der Waals surface area contributed by atoms with Gasteiger partial charge in [0.2, 0.25) is 0 Å². The van der Waals surface area contributed by atoms with Crippen molar-refractivity contribution in [1.82, 2.24) is 0 Å². The van der Waals surface area contributed by atoms with Crippen LogP contribution < -0.4 is 15.8 Å². The summed E-state index contributed by atoms with van der Waals surface area (Å²) < 4.78 is 15.7. The molecule has 0 aliphatic heterocycles. The molecule has 0 unspecified atom stereocenters. The fraction of sp³-hybridized carbons (Fsp3) is 0.615. The van der Waals surface area contributed by atoms with Crippen molar-refractivity contribution in [2.24, 2.45) is 0 Å². The molecule has 0 amide bonds. The minimum absolute atomic E-state index is 0.0371. The van der Waals surface area contributed by atoms with Crippen molar-refractivity contribution in [2.75, 3.05) is 37.9 Å². The third-order valence-electron chi connectivity index (χ3n) is 2.31. The number of rotatable bonds is 8. The molecule has 0 radical (unpaired) electrons. The lowest BCUT2D eigenvalue weighted by Crippen LogP contribution is -2.11. The molecule has 0 aromatic carbocycles. The number of nitrogen functional groups attached to an aromatic ring is 1. The van der Waals surface area contributed by atoms with Crippen LogP contribution in [-0.4, -0.2) is 38.9 Å². The quantitative estimate of drug-likeness (QED) is 0.566. The van der Waals surface area contributed by atoms with Crippen LogP contribution in [0.3, 0.4) is 0 Å². The molecule has 114 valence electrons. The van der Waals surface area contributed by atoms with Crippen LogP contribution in [0.5, 0.6) is 5.75 Å². The van der Waals surface area contributed by atoms with Gasteiger partial charge < -0.3 is 25.3 Å². The largest absolute Gasteiger partial charge is 0.486 e. The molecule has 20 heavy (non-hydrogen) atoms. The van der Waals surface area contributed by atoms with E-state index in [2.05, 4.69) is 5.32 Å². The van der Waals surface area contributed by atoms with Gasteiger partial charge in [-0.05, 0) is 20.8 Å². The summed E-state index contributed by atoms with van der Waals surface area (Å²) in [6.07, 6.45) is -0.0371. The maximum absolute atomic E-state index is 11.8. The Morgan fingerprint density at radius 3 is 2.70 bits per heavy atom. The normalized spacial score (nSPS) is 10.7. The van der Waals surface area contributed by atoms with Crippen LogP contribution in [0.15, 0.2) is 0 Å². The van der Waals surface area contributed by atoms with Crippen molar-refractivity contribution in [3.63, 3.8) is 0 Å². The van der Waals surface area contributed by atoms with Crippen LogP contribution in [0, 0.1) is 0 Å². The number of nitrogens with one attached hydrogen (secondary N) is 1. The van der Waals surface area contributed by atoms with Crippen molar-refractivity contribution in [3.8, 4) is 5.75 Å². The first-order chi connectivity index (χ1) is 9.51. The van der Waals surface area contributed by atoms with Crippen LogP contribution in [0.25, 0.3) is 0 Å². The Kier molecular flexibility index (Phi) is 6.60. The molecule has 6 nitrogen and oxygen atoms in total. The SMILES string of the molecule is CCOC(=O)c1sc(NCCOC)c(OC(C)C)c1N. The Bertz CT molecular complexity index is 446. The monoisotopic (exact) mass is 302 g/mol. The Balaban J connectivity index is 3.00. The van der Waals surface area contributed by atoms with Crippen molar-refractivity contribution in [1.29, 1.82) is 0 Å². The first-order valence-electron chi connectivity index (χ1n) is 6.50. The second-order valence-electron chi connectivity index (χ2n) is 4.31. The molecule has 1 rings (SSSR count). The molecule has 0 saturated carbocycles. The number of thiophene rings is 1. The van der Waals surface area contributed by atoms with E-state index in [4.69, 9.17) is 19.9 Å².